The molecule has 0 unspecified atom stereocenters. The minimum Gasteiger partial charge on any atom is -0.331 e. The van der Waals surface area contributed by atoms with E-state index < -0.39 is 0 Å². The smallest absolute Gasteiger partial charge is 0.279 e. The first kappa shape index (κ1) is 18.7. The molecule has 1 aliphatic carbocycles. The number of carbonyl (C=O) groups excluding carboxylic acids is 2. The number of hydrogen-bond donors (Lipinski definition) is 2. The fraction of sp³-hybridized carbons (Fsp3) is 0.381. The SMILES string of the molecule is CC[C@H]1CCc2sc(C(=O)NNC(=O)Cc3nc4ccccc4n3C)cc2C1. The van der Waals surface area contributed by atoms with Gasteiger partial charge in [0.05, 0.1) is 22.3 Å². The van der Waals surface area contributed by atoms with E-state index in [0.717, 1.165) is 23.9 Å². The molecule has 2 N–H and O–H groups in total. The molecule has 1 aromatic carbocycles. The average molecular weight is 397 g/mol. The Morgan fingerprint density at radius 3 is 2.89 bits per heavy atom. The van der Waals surface area contributed by atoms with Crippen molar-refractivity contribution >= 4 is 34.2 Å². The number of carbonyl (C=O) groups is 2. The standard InChI is InChI=1S/C21H24N4O2S/c1-3-13-8-9-17-14(10-13)11-18(28-17)21(27)24-23-20(26)12-19-22-15-6-4-5-7-16(15)25(19)2/h4-7,11,13H,3,8-10,12H2,1-2H3,(H,23,26)(H,24,27)/t13-/m0/s1. The van der Waals surface area contributed by atoms with Crippen LogP contribution in [0.2, 0.25) is 0 Å². The maximum atomic E-state index is 12.4. The van der Waals surface area contributed by atoms with Crippen molar-refractivity contribution in [3.8, 4) is 0 Å². The van der Waals surface area contributed by atoms with Crippen LogP contribution in [0.3, 0.4) is 0 Å². The Morgan fingerprint density at radius 1 is 1.29 bits per heavy atom. The zero-order valence-electron chi connectivity index (χ0n) is 16.1. The highest BCUT2D eigenvalue weighted by Crippen LogP contribution is 2.33. The molecule has 0 bridgehead atoms. The number of hydrazine groups is 1. The second kappa shape index (κ2) is 7.75. The fourth-order valence-electron chi connectivity index (χ4n) is 3.79. The predicted molar refractivity (Wildman–Crippen MR) is 110 cm³/mol. The molecule has 1 aliphatic rings. The van der Waals surface area contributed by atoms with Crippen LogP contribution < -0.4 is 10.9 Å². The molecule has 2 amide bonds. The van der Waals surface area contributed by atoms with E-state index >= 15 is 0 Å². The van der Waals surface area contributed by atoms with Crippen LogP contribution in [-0.2, 0) is 31.1 Å². The van der Waals surface area contributed by atoms with Crippen molar-refractivity contribution in [2.24, 2.45) is 13.0 Å². The zero-order chi connectivity index (χ0) is 19.7. The van der Waals surface area contributed by atoms with Gasteiger partial charge < -0.3 is 4.57 Å². The lowest BCUT2D eigenvalue weighted by Crippen LogP contribution is -2.42. The summed E-state index contributed by atoms with van der Waals surface area (Å²) in [6, 6.07) is 9.72. The van der Waals surface area contributed by atoms with Gasteiger partial charge in [-0.1, -0.05) is 25.5 Å². The van der Waals surface area contributed by atoms with Crippen LogP contribution >= 0.6 is 11.3 Å². The van der Waals surface area contributed by atoms with Gasteiger partial charge in [-0.15, -0.1) is 11.3 Å². The first-order valence-electron chi connectivity index (χ1n) is 9.66. The number of nitrogens with one attached hydrogen (secondary N) is 2. The largest absolute Gasteiger partial charge is 0.331 e. The number of rotatable bonds is 4. The van der Waals surface area contributed by atoms with Crippen molar-refractivity contribution in [2.45, 2.75) is 39.0 Å². The van der Waals surface area contributed by atoms with Gasteiger partial charge in [-0.25, -0.2) is 4.98 Å². The van der Waals surface area contributed by atoms with Crippen LogP contribution in [0.25, 0.3) is 11.0 Å². The first-order valence-corrected chi connectivity index (χ1v) is 10.5. The maximum Gasteiger partial charge on any atom is 0.279 e. The van der Waals surface area contributed by atoms with Crippen molar-refractivity contribution in [1.29, 1.82) is 0 Å². The summed E-state index contributed by atoms with van der Waals surface area (Å²) in [5.41, 5.74) is 8.18. The molecule has 1 atom stereocenters. The van der Waals surface area contributed by atoms with Gasteiger partial charge in [0.2, 0.25) is 5.91 Å². The number of thiophene rings is 1. The lowest BCUT2D eigenvalue weighted by atomic mass is 9.87. The Labute approximate surface area is 167 Å². The number of benzene rings is 1. The van der Waals surface area contributed by atoms with Gasteiger partial charge in [0.1, 0.15) is 5.82 Å². The summed E-state index contributed by atoms with van der Waals surface area (Å²) >= 11 is 1.54. The molecule has 2 heterocycles. The number of hydrogen-bond acceptors (Lipinski definition) is 4. The lowest BCUT2D eigenvalue weighted by Gasteiger charge is -2.19. The van der Waals surface area contributed by atoms with E-state index in [-0.39, 0.29) is 18.2 Å². The summed E-state index contributed by atoms with van der Waals surface area (Å²) < 4.78 is 1.90. The monoisotopic (exact) mass is 396 g/mol. The van der Waals surface area contributed by atoms with Crippen molar-refractivity contribution in [3.63, 3.8) is 0 Å². The molecule has 0 saturated heterocycles. The van der Waals surface area contributed by atoms with Crippen LogP contribution in [0.1, 0.15) is 45.7 Å². The maximum absolute atomic E-state index is 12.4. The minimum absolute atomic E-state index is 0.102. The number of aryl methyl sites for hydroxylation is 2. The Hall–Kier alpha value is -2.67. The first-order chi connectivity index (χ1) is 13.5. The highest BCUT2D eigenvalue weighted by atomic mass is 32.1. The number of amides is 2. The molecule has 0 aliphatic heterocycles. The van der Waals surface area contributed by atoms with E-state index in [1.807, 2.05) is 41.9 Å². The Morgan fingerprint density at radius 2 is 2.11 bits per heavy atom. The predicted octanol–water partition coefficient (Wildman–Crippen LogP) is 3.15. The number of para-hydroxylation sites is 2. The van der Waals surface area contributed by atoms with E-state index in [2.05, 4.69) is 22.8 Å². The molecule has 28 heavy (non-hydrogen) atoms. The quantitative estimate of drug-likeness (QED) is 0.665. The van der Waals surface area contributed by atoms with Crippen LogP contribution in [-0.4, -0.2) is 21.4 Å². The molecule has 3 aromatic rings. The Kier molecular flexibility index (Phi) is 5.17. The molecule has 0 fully saturated rings. The van der Waals surface area contributed by atoms with Gasteiger partial charge >= 0.3 is 0 Å². The third-order valence-corrected chi connectivity index (χ3v) is 6.74. The zero-order valence-corrected chi connectivity index (χ0v) is 16.9. The van der Waals surface area contributed by atoms with Gasteiger partial charge in [0, 0.05) is 11.9 Å². The highest BCUT2D eigenvalue weighted by molar-refractivity contribution is 7.14. The third-order valence-electron chi connectivity index (χ3n) is 5.50. The molecule has 146 valence electrons. The van der Waals surface area contributed by atoms with Crippen LogP contribution in [0, 0.1) is 5.92 Å². The third kappa shape index (κ3) is 3.67. The van der Waals surface area contributed by atoms with Crippen LogP contribution in [0.4, 0.5) is 0 Å². The van der Waals surface area contributed by atoms with E-state index in [1.54, 1.807) is 0 Å². The summed E-state index contributed by atoms with van der Waals surface area (Å²) in [5, 5.41) is 0. The summed E-state index contributed by atoms with van der Waals surface area (Å²) in [7, 11) is 1.89. The summed E-state index contributed by atoms with van der Waals surface area (Å²) in [4.78, 5) is 31.2. The average Bonchev–Trinajstić information content (AvgIpc) is 3.27. The van der Waals surface area contributed by atoms with Crippen molar-refractivity contribution in [1.82, 2.24) is 20.4 Å². The molecule has 7 heteroatoms. The molecular weight excluding hydrogens is 372 g/mol. The van der Waals surface area contributed by atoms with Gasteiger partial charge in [-0.05, 0) is 48.9 Å². The van der Waals surface area contributed by atoms with Crippen molar-refractivity contribution in [3.05, 3.63) is 51.5 Å². The molecule has 0 saturated carbocycles. The molecule has 6 nitrogen and oxygen atoms in total. The fourth-order valence-corrected chi connectivity index (χ4v) is 4.89. The molecule has 0 radical (unpaired) electrons. The molecule has 4 rings (SSSR count). The topological polar surface area (TPSA) is 76.0 Å². The van der Waals surface area contributed by atoms with Crippen molar-refractivity contribution in [2.75, 3.05) is 0 Å². The van der Waals surface area contributed by atoms with E-state index in [0.29, 0.717) is 16.6 Å². The summed E-state index contributed by atoms with van der Waals surface area (Å²) in [5.74, 6) is 0.820. The van der Waals surface area contributed by atoms with Crippen LogP contribution in [0.15, 0.2) is 30.3 Å². The lowest BCUT2D eigenvalue weighted by molar-refractivity contribution is -0.121. The second-order valence-electron chi connectivity index (χ2n) is 7.33. The van der Waals surface area contributed by atoms with Gasteiger partial charge in [-0.2, -0.15) is 0 Å². The number of aromatic nitrogens is 2. The summed E-state index contributed by atoms with van der Waals surface area (Å²) in [6.45, 7) is 2.22. The normalized spacial score (nSPS) is 16.0. The second-order valence-corrected chi connectivity index (χ2v) is 8.47. The van der Waals surface area contributed by atoms with Gasteiger partial charge in [0.15, 0.2) is 0 Å². The number of nitrogens with zero attached hydrogens (tertiary/aromatic N) is 2. The highest BCUT2D eigenvalue weighted by Gasteiger charge is 2.22. The molecular formula is C21H24N4O2S. The van der Waals surface area contributed by atoms with Gasteiger partial charge in [0.25, 0.3) is 5.91 Å². The minimum atomic E-state index is -0.292. The summed E-state index contributed by atoms with van der Waals surface area (Å²) in [6.07, 6.45) is 4.57. The van der Waals surface area contributed by atoms with Crippen molar-refractivity contribution < 1.29 is 9.59 Å². The molecule has 2 aromatic heterocycles. The van der Waals surface area contributed by atoms with Crippen LogP contribution in [0.5, 0.6) is 0 Å². The number of fused-ring (bicyclic) bond motifs is 2. The Balaban J connectivity index is 1.36. The molecule has 0 spiro atoms. The van der Waals surface area contributed by atoms with E-state index in [1.165, 1.54) is 34.6 Å². The van der Waals surface area contributed by atoms with E-state index in [4.69, 9.17) is 0 Å². The van der Waals surface area contributed by atoms with E-state index in [9.17, 15) is 9.59 Å². The van der Waals surface area contributed by atoms with Gasteiger partial charge in [-0.3, -0.25) is 20.4 Å². The number of imidazole rings is 1. The Bertz CT molecular complexity index is 1040.